The lowest BCUT2D eigenvalue weighted by molar-refractivity contribution is -0.138. The minimum atomic E-state index is -4.47. The normalized spacial score (nSPS) is 12.1. The van der Waals surface area contributed by atoms with Crippen molar-refractivity contribution in [2.24, 2.45) is 0 Å². The van der Waals surface area contributed by atoms with Crippen molar-refractivity contribution in [3.63, 3.8) is 0 Å². The Labute approximate surface area is 132 Å². The van der Waals surface area contributed by atoms with Crippen LogP contribution in [0.5, 0.6) is 0 Å². The smallest absolute Gasteiger partial charge is 0.368 e. The summed E-state index contributed by atoms with van der Waals surface area (Å²) in [4.78, 5) is 7.48. The van der Waals surface area contributed by atoms with Crippen molar-refractivity contribution in [2.75, 3.05) is 23.7 Å². The van der Waals surface area contributed by atoms with Gasteiger partial charge in [0.25, 0.3) is 0 Å². The maximum Gasteiger partial charge on any atom is 0.416 e. The fourth-order valence-electron chi connectivity index (χ4n) is 1.79. The largest absolute Gasteiger partial charge is 0.416 e. The first kappa shape index (κ1) is 17.8. The standard InChI is InChI=1S/C14H12F6N4/c15-13(16,17)9-1-3-21-11(7-9)23-5-6-24-12-8-10(2-4-22-12)14(18,19)20/h1-4,7-8H,5-6H2,(H,21,23)(H,22,24). The summed E-state index contributed by atoms with van der Waals surface area (Å²) < 4.78 is 75.3. The van der Waals surface area contributed by atoms with Crippen LogP contribution in [-0.4, -0.2) is 23.1 Å². The molecule has 0 aliphatic carbocycles. The molecule has 2 heterocycles. The van der Waals surface area contributed by atoms with E-state index in [4.69, 9.17) is 0 Å². The van der Waals surface area contributed by atoms with Gasteiger partial charge in [-0.1, -0.05) is 0 Å². The van der Waals surface area contributed by atoms with Crippen molar-refractivity contribution < 1.29 is 26.3 Å². The van der Waals surface area contributed by atoms with Gasteiger partial charge in [-0.05, 0) is 24.3 Å². The molecule has 0 bridgehead atoms. The number of nitrogens with one attached hydrogen (secondary N) is 2. The zero-order valence-electron chi connectivity index (χ0n) is 12.0. The van der Waals surface area contributed by atoms with Gasteiger partial charge < -0.3 is 10.6 Å². The maximum atomic E-state index is 12.5. The third kappa shape index (κ3) is 5.00. The first-order valence-electron chi connectivity index (χ1n) is 6.70. The van der Waals surface area contributed by atoms with Crippen LogP contribution in [0, 0.1) is 0 Å². The molecule has 130 valence electrons. The molecular formula is C14H12F6N4. The van der Waals surface area contributed by atoms with Crippen LogP contribution < -0.4 is 10.6 Å². The van der Waals surface area contributed by atoms with Gasteiger partial charge in [-0.15, -0.1) is 0 Å². The van der Waals surface area contributed by atoms with Crippen molar-refractivity contribution in [3.8, 4) is 0 Å². The van der Waals surface area contributed by atoms with E-state index in [-0.39, 0.29) is 24.7 Å². The average Bonchev–Trinajstić information content (AvgIpc) is 2.51. The lowest BCUT2D eigenvalue weighted by Gasteiger charge is -2.11. The molecule has 0 saturated carbocycles. The second-order valence-electron chi connectivity index (χ2n) is 4.71. The van der Waals surface area contributed by atoms with Crippen LogP contribution in [0.25, 0.3) is 0 Å². The number of hydrogen-bond acceptors (Lipinski definition) is 4. The molecule has 24 heavy (non-hydrogen) atoms. The molecule has 0 fully saturated rings. The molecule has 0 amide bonds. The number of nitrogens with zero attached hydrogens (tertiary/aromatic N) is 2. The van der Waals surface area contributed by atoms with Gasteiger partial charge in [0, 0.05) is 25.5 Å². The van der Waals surface area contributed by atoms with E-state index in [2.05, 4.69) is 20.6 Å². The summed E-state index contributed by atoms with van der Waals surface area (Å²) in [7, 11) is 0. The second kappa shape index (κ2) is 6.93. The van der Waals surface area contributed by atoms with Gasteiger partial charge in [0.05, 0.1) is 11.1 Å². The van der Waals surface area contributed by atoms with E-state index in [0.717, 1.165) is 36.7 Å². The van der Waals surface area contributed by atoms with E-state index in [1.54, 1.807) is 0 Å². The van der Waals surface area contributed by atoms with Crippen LogP contribution in [0.3, 0.4) is 0 Å². The van der Waals surface area contributed by atoms with Crippen molar-refractivity contribution >= 4 is 11.6 Å². The summed E-state index contributed by atoms with van der Waals surface area (Å²) in [5.41, 5.74) is -1.68. The molecule has 0 atom stereocenters. The van der Waals surface area contributed by atoms with Crippen LogP contribution in [0.4, 0.5) is 38.0 Å². The van der Waals surface area contributed by atoms with Gasteiger partial charge in [-0.3, -0.25) is 0 Å². The van der Waals surface area contributed by atoms with E-state index in [1.807, 2.05) is 0 Å². The predicted octanol–water partition coefficient (Wildman–Crippen LogP) is 4.04. The Morgan fingerprint density at radius 3 is 1.42 bits per heavy atom. The van der Waals surface area contributed by atoms with Gasteiger partial charge in [-0.2, -0.15) is 26.3 Å². The average molecular weight is 350 g/mol. The number of hydrogen-bond donors (Lipinski definition) is 2. The van der Waals surface area contributed by atoms with Gasteiger partial charge in [0.15, 0.2) is 0 Å². The molecule has 0 aromatic carbocycles. The molecule has 0 aliphatic rings. The highest BCUT2D eigenvalue weighted by molar-refractivity contribution is 5.41. The van der Waals surface area contributed by atoms with E-state index in [9.17, 15) is 26.3 Å². The number of halogens is 6. The SMILES string of the molecule is FC(F)(F)c1ccnc(NCCNc2cc(C(F)(F)F)ccn2)c1. The van der Waals surface area contributed by atoms with Crippen LogP contribution in [-0.2, 0) is 12.4 Å². The Morgan fingerprint density at radius 2 is 1.08 bits per heavy atom. The van der Waals surface area contributed by atoms with Crippen LogP contribution in [0.15, 0.2) is 36.7 Å². The summed E-state index contributed by atoms with van der Waals surface area (Å²) >= 11 is 0. The van der Waals surface area contributed by atoms with Crippen LogP contribution in [0.2, 0.25) is 0 Å². The first-order chi connectivity index (χ1) is 11.2. The van der Waals surface area contributed by atoms with Crippen LogP contribution in [0.1, 0.15) is 11.1 Å². The third-order valence-electron chi connectivity index (χ3n) is 2.91. The molecule has 10 heteroatoms. The maximum absolute atomic E-state index is 12.5. The van der Waals surface area contributed by atoms with E-state index < -0.39 is 23.5 Å². The van der Waals surface area contributed by atoms with Gasteiger partial charge in [-0.25, -0.2) is 9.97 Å². The molecule has 0 unspecified atom stereocenters. The number of rotatable bonds is 5. The summed E-state index contributed by atoms with van der Waals surface area (Å²) in [5, 5.41) is 5.30. The monoisotopic (exact) mass is 350 g/mol. The fourth-order valence-corrected chi connectivity index (χ4v) is 1.79. The zero-order valence-corrected chi connectivity index (χ0v) is 12.0. The lowest BCUT2D eigenvalue weighted by atomic mass is 10.2. The van der Waals surface area contributed by atoms with Crippen molar-refractivity contribution in [3.05, 3.63) is 47.8 Å². The second-order valence-corrected chi connectivity index (χ2v) is 4.71. The Morgan fingerprint density at radius 1 is 0.708 bits per heavy atom. The Kier molecular flexibility index (Phi) is 5.15. The molecule has 2 rings (SSSR count). The van der Waals surface area contributed by atoms with Crippen LogP contribution >= 0.6 is 0 Å². The molecule has 2 aromatic heterocycles. The van der Waals surface area contributed by atoms with Gasteiger partial charge in [0.2, 0.25) is 0 Å². The number of aromatic nitrogens is 2. The molecule has 0 radical (unpaired) electrons. The molecular weight excluding hydrogens is 338 g/mol. The predicted molar refractivity (Wildman–Crippen MR) is 75.5 cm³/mol. The zero-order chi connectivity index (χ0) is 17.8. The van der Waals surface area contributed by atoms with Gasteiger partial charge >= 0.3 is 12.4 Å². The highest BCUT2D eigenvalue weighted by Gasteiger charge is 2.31. The summed E-state index contributed by atoms with van der Waals surface area (Å²) in [6.07, 6.45) is -6.90. The van der Waals surface area contributed by atoms with E-state index >= 15 is 0 Å². The molecule has 2 aromatic rings. The Bertz CT molecular complexity index is 624. The lowest BCUT2D eigenvalue weighted by Crippen LogP contribution is -2.16. The van der Waals surface area contributed by atoms with Gasteiger partial charge in [0.1, 0.15) is 11.6 Å². The molecule has 4 nitrogen and oxygen atoms in total. The highest BCUT2D eigenvalue weighted by Crippen LogP contribution is 2.30. The van der Waals surface area contributed by atoms with E-state index in [0.29, 0.717) is 0 Å². The van der Waals surface area contributed by atoms with E-state index in [1.165, 1.54) is 0 Å². The quantitative estimate of drug-likeness (QED) is 0.631. The topological polar surface area (TPSA) is 49.8 Å². The fraction of sp³-hybridized carbons (Fsp3) is 0.286. The van der Waals surface area contributed by atoms with Crippen molar-refractivity contribution in [1.29, 1.82) is 0 Å². The third-order valence-corrected chi connectivity index (χ3v) is 2.91. The number of pyridine rings is 2. The highest BCUT2D eigenvalue weighted by atomic mass is 19.4. The molecule has 0 aliphatic heterocycles. The Balaban J connectivity index is 1.88. The number of alkyl halides is 6. The molecule has 2 N–H and O–H groups in total. The minimum absolute atomic E-state index is 0.0172. The summed E-state index contributed by atoms with van der Waals surface area (Å²) in [5.74, 6) is 0.0345. The van der Waals surface area contributed by atoms with Crippen molar-refractivity contribution in [2.45, 2.75) is 12.4 Å². The minimum Gasteiger partial charge on any atom is -0.368 e. The summed E-state index contributed by atoms with van der Waals surface area (Å²) in [6.45, 7) is 0.290. The summed E-state index contributed by atoms with van der Waals surface area (Å²) in [6, 6.07) is 3.39. The number of anilines is 2. The first-order valence-corrected chi connectivity index (χ1v) is 6.70. The molecule has 0 saturated heterocycles. The molecule has 0 spiro atoms. The Hall–Kier alpha value is -2.52. The van der Waals surface area contributed by atoms with Crippen molar-refractivity contribution in [1.82, 2.24) is 9.97 Å².